The minimum atomic E-state index is -0.657. The Bertz CT molecular complexity index is 781. The maximum atomic E-state index is 12.5. The fraction of sp³-hybridized carbons (Fsp3) is 0.368. The largest absolute Gasteiger partial charge is 0.485 e. The molecule has 3 heterocycles. The molecule has 1 N–H and O–H groups in total. The van der Waals surface area contributed by atoms with Crippen molar-refractivity contribution in [2.75, 3.05) is 19.7 Å². The van der Waals surface area contributed by atoms with Crippen LogP contribution < -0.4 is 14.8 Å². The summed E-state index contributed by atoms with van der Waals surface area (Å²) in [7, 11) is 0. The lowest BCUT2D eigenvalue weighted by molar-refractivity contribution is -0.131. The van der Waals surface area contributed by atoms with E-state index in [1.165, 1.54) is 12.5 Å². The van der Waals surface area contributed by atoms with E-state index in [1.807, 2.05) is 18.2 Å². The monoisotopic (exact) mass is 356 g/mol. The second-order valence-corrected chi connectivity index (χ2v) is 6.45. The number of piperidine rings is 1. The van der Waals surface area contributed by atoms with Gasteiger partial charge in [-0.25, -0.2) is 0 Å². The van der Waals surface area contributed by atoms with E-state index in [1.54, 1.807) is 17.0 Å². The molecular formula is C19H20N2O5. The number of hydrogen-bond donors (Lipinski definition) is 1. The van der Waals surface area contributed by atoms with Crippen molar-refractivity contribution >= 4 is 11.8 Å². The molecule has 4 rings (SSSR count). The standard InChI is InChI=1S/C19H20N2O5/c22-18(17-12-25-15-3-1-2-4-16(15)26-17)20-14-5-8-21(9-6-14)19(23)13-7-10-24-11-13/h1-4,7,10-11,14,17H,5-6,8-9,12H2,(H,20,22). The van der Waals surface area contributed by atoms with Crippen LogP contribution in [0.25, 0.3) is 0 Å². The fourth-order valence-electron chi connectivity index (χ4n) is 3.24. The Kier molecular flexibility index (Phi) is 4.51. The molecule has 136 valence electrons. The minimum Gasteiger partial charge on any atom is -0.485 e. The number of fused-ring (bicyclic) bond motifs is 1. The van der Waals surface area contributed by atoms with Gasteiger partial charge in [0.2, 0.25) is 6.10 Å². The van der Waals surface area contributed by atoms with Crippen LogP contribution in [-0.2, 0) is 4.79 Å². The predicted octanol–water partition coefficient (Wildman–Crippen LogP) is 1.84. The summed E-state index contributed by atoms with van der Waals surface area (Å²) in [5.41, 5.74) is 0.555. The summed E-state index contributed by atoms with van der Waals surface area (Å²) < 4.78 is 16.3. The zero-order valence-corrected chi connectivity index (χ0v) is 14.2. The molecule has 7 heteroatoms. The third-order valence-electron chi connectivity index (χ3n) is 4.70. The lowest BCUT2D eigenvalue weighted by atomic mass is 10.0. The Labute approximate surface area is 150 Å². The number of benzene rings is 1. The van der Waals surface area contributed by atoms with Crippen molar-refractivity contribution in [3.63, 3.8) is 0 Å². The number of nitrogens with one attached hydrogen (secondary N) is 1. The molecule has 1 atom stereocenters. The van der Waals surface area contributed by atoms with Gasteiger partial charge < -0.3 is 24.1 Å². The van der Waals surface area contributed by atoms with Crippen molar-refractivity contribution in [3.8, 4) is 11.5 Å². The zero-order valence-electron chi connectivity index (χ0n) is 14.2. The quantitative estimate of drug-likeness (QED) is 0.908. The van der Waals surface area contributed by atoms with Gasteiger partial charge in [0.1, 0.15) is 12.9 Å². The summed E-state index contributed by atoms with van der Waals surface area (Å²) in [5, 5.41) is 3.01. The van der Waals surface area contributed by atoms with Crippen LogP contribution >= 0.6 is 0 Å². The van der Waals surface area contributed by atoms with Crippen molar-refractivity contribution in [3.05, 3.63) is 48.4 Å². The van der Waals surface area contributed by atoms with Gasteiger partial charge >= 0.3 is 0 Å². The number of carbonyl (C=O) groups is 2. The topological polar surface area (TPSA) is 81.0 Å². The summed E-state index contributed by atoms with van der Waals surface area (Å²) >= 11 is 0. The highest BCUT2D eigenvalue weighted by Gasteiger charge is 2.30. The fourth-order valence-corrected chi connectivity index (χ4v) is 3.24. The summed E-state index contributed by atoms with van der Waals surface area (Å²) in [5.74, 6) is 1.02. The summed E-state index contributed by atoms with van der Waals surface area (Å²) in [6, 6.07) is 8.99. The van der Waals surface area contributed by atoms with E-state index in [-0.39, 0.29) is 24.5 Å². The van der Waals surface area contributed by atoms with E-state index in [2.05, 4.69) is 5.32 Å². The van der Waals surface area contributed by atoms with Gasteiger partial charge in [-0.1, -0.05) is 12.1 Å². The van der Waals surface area contributed by atoms with E-state index in [9.17, 15) is 9.59 Å². The number of rotatable bonds is 3. The van der Waals surface area contributed by atoms with Gasteiger partial charge in [-0.2, -0.15) is 0 Å². The number of nitrogens with zero attached hydrogens (tertiary/aromatic N) is 1. The van der Waals surface area contributed by atoms with Gasteiger partial charge in [-0.15, -0.1) is 0 Å². The number of hydrogen-bond acceptors (Lipinski definition) is 5. The zero-order chi connectivity index (χ0) is 17.9. The van der Waals surface area contributed by atoms with Crippen LogP contribution in [0.4, 0.5) is 0 Å². The van der Waals surface area contributed by atoms with E-state index < -0.39 is 6.10 Å². The first-order valence-corrected chi connectivity index (χ1v) is 8.71. The van der Waals surface area contributed by atoms with Gasteiger partial charge in [0.15, 0.2) is 11.5 Å². The number of likely N-dealkylation sites (tertiary alicyclic amines) is 1. The second kappa shape index (κ2) is 7.11. The molecule has 0 spiro atoms. The first-order valence-electron chi connectivity index (χ1n) is 8.71. The Morgan fingerprint density at radius 2 is 1.85 bits per heavy atom. The molecule has 0 aliphatic carbocycles. The van der Waals surface area contributed by atoms with Crippen LogP contribution in [0, 0.1) is 0 Å². The van der Waals surface area contributed by atoms with Gasteiger partial charge in [0.25, 0.3) is 11.8 Å². The Morgan fingerprint density at radius 1 is 1.08 bits per heavy atom. The SMILES string of the molecule is O=C(NC1CCN(C(=O)c2ccoc2)CC1)C1COc2ccccc2O1. The molecule has 2 aromatic rings. The summed E-state index contributed by atoms with van der Waals surface area (Å²) in [4.78, 5) is 26.5. The van der Waals surface area contributed by atoms with Crippen LogP contribution in [0.5, 0.6) is 11.5 Å². The Hall–Kier alpha value is -2.96. The van der Waals surface area contributed by atoms with Gasteiger partial charge in [0.05, 0.1) is 11.8 Å². The third-order valence-corrected chi connectivity index (χ3v) is 4.70. The minimum absolute atomic E-state index is 0.0247. The molecule has 1 saturated heterocycles. The molecule has 1 fully saturated rings. The van der Waals surface area contributed by atoms with Crippen LogP contribution in [0.2, 0.25) is 0 Å². The van der Waals surface area contributed by atoms with Gasteiger partial charge in [0, 0.05) is 19.1 Å². The van der Waals surface area contributed by atoms with E-state index >= 15 is 0 Å². The first kappa shape index (κ1) is 16.5. The van der Waals surface area contributed by atoms with Crippen LogP contribution in [0.3, 0.4) is 0 Å². The highest BCUT2D eigenvalue weighted by Crippen LogP contribution is 2.31. The molecule has 0 radical (unpaired) electrons. The summed E-state index contributed by atoms with van der Waals surface area (Å²) in [6.45, 7) is 1.39. The molecule has 7 nitrogen and oxygen atoms in total. The highest BCUT2D eigenvalue weighted by atomic mass is 16.6. The van der Waals surface area contributed by atoms with Crippen molar-refractivity contribution < 1.29 is 23.5 Å². The molecule has 0 saturated carbocycles. The van der Waals surface area contributed by atoms with E-state index in [0.717, 1.165) is 0 Å². The normalized spacial score (nSPS) is 19.8. The van der Waals surface area contributed by atoms with Crippen molar-refractivity contribution in [1.29, 1.82) is 0 Å². The molecule has 2 aliphatic heterocycles. The number of carbonyl (C=O) groups excluding carboxylic acids is 2. The van der Waals surface area contributed by atoms with Crippen molar-refractivity contribution in [2.24, 2.45) is 0 Å². The number of amides is 2. The molecular weight excluding hydrogens is 336 g/mol. The summed E-state index contributed by atoms with van der Waals surface area (Å²) in [6.07, 6.45) is 3.70. The first-order chi connectivity index (χ1) is 12.7. The van der Waals surface area contributed by atoms with Crippen LogP contribution in [-0.4, -0.2) is 48.6 Å². The number of para-hydroxylation sites is 2. The number of ether oxygens (including phenoxy) is 2. The van der Waals surface area contributed by atoms with Crippen LogP contribution in [0.1, 0.15) is 23.2 Å². The molecule has 2 aliphatic rings. The Morgan fingerprint density at radius 3 is 2.58 bits per heavy atom. The van der Waals surface area contributed by atoms with Crippen LogP contribution in [0.15, 0.2) is 47.3 Å². The molecule has 2 amide bonds. The maximum absolute atomic E-state index is 12.5. The maximum Gasteiger partial charge on any atom is 0.264 e. The predicted molar refractivity (Wildman–Crippen MR) is 92.1 cm³/mol. The molecule has 1 aromatic heterocycles. The average molecular weight is 356 g/mol. The Balaban J connectivity index is 1.28. The van der Waals surface area contributed by atoms with Gasteiger partial charge in [-0.05, 0) is 31.0 Å². The van der Waals surface area contributed by atoms with Crippen molar-refractivity contribution in [1.82, 2.24) is 10.2 Å². The molecule has 26 heavy (non-hydrogen) atoms. The van der Waals surface area contributed by atoms with E-state index in [0.29, 0.717) is 43.0 Å². The highest BCUT2D eigenvalue weighted by molar-refractivity contribution is 5.93. The lowest BCUT2D eigenvalue weighted by Gasteiger charge is -2.33. The molecule has 1 aromatic carbocycles. The lowest BCUT2D eigenvalue weighted by Crippen LogP contribution is -2.51. The third kappa shape index (κ3) is 3.37. The van der Waals surface area contributed by atoms with E-state index in [4.69, 9.17) is 13.9 Å². The smallest absolute Gasteiger partial charge is 0.264 e. The van der Waals surface area contributed by atoms with Crippen molar-refractivity contribution in [2.45, 2.75) is 25.0 Å². The number of furan rings is 1. The average Bonchev–Trinajstić information content (AvgIpc) is 3.22. The second-order valence-electron chi connectivity index (χ2n) is 6.45. The van der Waals surface area contributed by atoms with Gasteiger partial charge in [-0.3, -0.25) is 9.59 Å². The molecule has 1 unspecified atom stereocenters. The molecule has 0 bridgehead atoms.